The molecule has 0 aromatic heterocycles. The molecule has 0 radical (unpaired) electrons. The average molecular weight is 204 g/mol. The Morgan fingerprint density at radius 2 is 2.00 bits per heavy atom. The first-order chi connectivity index (χ1) is 6.57. The van der Waals surface area contributed by atoms with Gasteiger partial charge in [0.1, 0.15) is 0 Å². The molecule has 6 nitrogen and oxygen atoms in total. The van der Waals surface area contributed by atoms with Crippen LogP contribution in [0.15, 0.2) is 11.8 Å². The number of hydrogen-bond donors (Lipinski definition) is 2. The standard InChI is InChI=1S/C8H12O6/c1-2-3-4-13-14-6(8(11)12)5-7(9)10/h5H,2-4H2,1H3,(H,9,10)(H,11,12)/b6-5+. The van der Waals surface area contributed by atoms with Crippen molar-refractivity contribution in [3.8, 4) is 0 Å². The van der Waals surface area contributed by atoms with Crippen LogP contribution < -0.4 is 0 Å². The van der Waals surface area contributed by atoms with Gasteiger partial charge in [-0.3, -0.25) is 0 Å². The lowest BCUT2D eigenvalue weighted by molar-refractivity contribution is -0.263. The van der Waals surface area contributed by atoms with E-state index in [-0.39, 0.29) is 6.61 Å². The topological polar surface area (TPSA) is 93.1 Å². The second-order valence-corrected chi connectivity index (χ2v) is 2.41. The fourth-order valence-corrected chi connectivity index (χ4v) is 0.542. The molecule has 2 N–H and O–H groups in total. The third kappa shape index (κ3) is 6.01. The van der Waals surface area contributed by atoms with Crippen LogP contribution in [0, 0.1) is 0 Å². The Hall–Kier alpha value is -1.56. The Labute approximate surface area is 80.7 Å². The Bertz CT molecular complexity index is 232. The van der Waals surface area contributed by atoms with Gasteiger partial charge in [0.15, 0.2) is 0 Å². The van der Waals surface area contributed by atoms with Crippen molar-refractivity contribution in [3.05, 3.63) is 11.8 Å². The molecule has 0 saturated carbocycles. The molecule has 0 heterocycles. The largest absolute Gasteiger partial charge is 0.478 e. The van der Waals surface area contributed by atoms with Gasteiger partial charge < -0.3 is 15.1 Å². The molecule has 80 valence electrons. The molecule has 0 rings (SSSR count). The summed E-state index contributed by atoms with van der Waals surface area (Å²) < 4.78 is 0. The lowest BCUT2D eigenvalue weighted by Crippen LogP contribution is -2.08. The van der Waals surface area contributed by atoms with E-state index >= 15 is 0 Å². The van der Waals surface area contributed by atoms with E-state index in [1.165, 1.54) is 0 Å². The lowest BCUT2D eigenvalue weighted by atomic mass is 10.4. The van der Waals surface area contributed by atoms with Crippen molar-refractivity contribution in [1.29, 1.82) is 0 Å². The maximum Gasteiger partial charge on any atom is 0.375 e. The minimum atomic E-state index is -1.48. The molecule has 0 aromatic carbocycles. The van der Waals surface area contributed by atoms with Gasteiger partial charge in [0, 0.05) is 0 Å². The highest BCUT2D eigenvalue weighted by Gasteiger charge is 2.12. The first-order valence-corrected chi connectivity index (χ1v) is 4.05. The Kier molecular flexibility index (Phi) is 6.13. The predicted octanol–water partition coefficient (Wildman–Crippen LogP) is 0.788. The number of carbonyl (C=O) groups is 2. The van der Waals surface area contributed by atoms with Crippen LogP contribution in [0.2, 0.25) is 0 Å². The average Bonchev–Trinajstić information content (AvgIpc) is 2.09. The van der Waals surface area contributed by atoms with E-state index < -0.39 is 17.7 Å². The van der Waals surface area contributed by atoms with Gasteiger partial charge in [-0.25, -0.2) is 9.59 Å². The highest BCUT2D eigenvalue weighted by atomic mass is 17.2. The van der Waals surface area contributed by atoms with Gasteiger partial charge in [0.05, 0.1) is 12.7 Å². The van der Waals surface area contributed by atoms with Crippen LogP contribution in [0.3, 0.4) is 0 Å². The number of aliphatic carboxylic acids is 2. The van der Waals surface area contributed by atoms with Crippen LogP contribution in [0.25, 0.3) is 0 Å². The van der Waals surface area contributed by atoms with Gasteiger partial charge >= 0.3 is 11.9 Å². The number of carboxylic acids is 2. The van der Waals surface area contributed by atoms with Crippen LogP contribution >= 0.6 is 0 Å². The highest BCUT2D eigenvalue weighted by molar-refractivity contribution is 5.92. The predicted molar refractivity (Wildman–Crippen MR) is 45.3 cm³/mol. The lowest BCUT2D eigenvalue weighted by Gasteiger charge is -2.03. The van der Waals surface area contributed by atoms with Crippen LogP contribution in [-0.4, -0.2) is 28.8 Å². The summed E-state index contributed by atoms with van der Waals surface area (Å²) in [5.74, 6) is -3.63. The van der Waals surface area contributed by atoms with E-state index in [4.69, 9.17) is 10.2 Å². The molecule has 0 saturated heterocycles. The fourth-order valence-electron chi connectivity index (χ4n) is 0.542. The first-order valence-electron chi connectivity index (χ1n) is 4.05. The second-order valence-electron chi connectivity index (χ2n) is 2.41. The summed E-state index contributed by atoms with van der Waals surface area (Å²) in [5.41, 5.74) is 0. The fraction of sp³-hybridized carbons (Fsp3) is 0.500. The molecule has 0 amide bonds. The Morgan fingerprint density at radius 3 is 2.43 bits per heavy atom. The maximum atomic E-state index is 10.4. The smallest absolute Gasteiger partial charge is 0.375 e. The quantitative estimate of drug-likeness (QED) is 0.209. The Balaban J connectivity index is 3.99. The third-order valence-corrected chi connectivity index (χ3v) is 1.20. The van der Waals surface area contributed by atoms with Crippen molar-refractivity contribution >= 4 is 11.9 Å². The Morgan fingerprint density at radius 1 is 1.36 bits per heavy atom. The molecule has 6 heteroatoms. The summed E-state index contributed by atoms with van der Waals surface area (Å²) in [4.78, 5) is 29.3. The molecule has 0 bridgehead atoms. The number of unbranched alkanes of at least 4 members (excludes halogenated alkanes) is 1. The minimum absolute atomic E-state index is 0.223. The molecule has 0 aliphatic rings. The van der Waals surface area contributed by atoms with Gasteiger partial charge in [-0.2, -0.15) is 4.89 Å². The highest BCUT2D eigenvalue weighted by Crippen LogP contribution is 2.00. The number of hydrogen-bond acceptors (Lipinski definition) is 4. The van der Waals surface area contributed by atoms with E-state index in [2.05, 4.69) is 9.78 Å². The summed E-state index contributed by atoms with van der Waals surface area (Å²) in [5, 5.41) is 16.7. The second kappa shape index (κ2) is 6.90. The van der Waals surface area contributed by atoms with Gasteiger partial charge in [-0.1, -0.05) is 13.3 Å². The van der Waals surface area contributed by atoms with E-state index in [9.17, 15) is 9.59 Å². The monoisotopic (exact) mass is 204 g/mol. The van der Waals surface area contributed by atoms with Crippen LogP contribution in [-0.2, 0) is 19.4 Å². The van der Waals surface area contributed by atoms with Crippen molar-refractivity contribution < 1.29 is 29.6 Å². The molecule has 14 heavy (non-hydrogen) atoms. The molecule has 0 fully saturated rings. The molecule has 0 aliphatic carbocycles. The summed E-state index contributed by atoms with van der Waals surface area (Å²) in [7, 11) is 0. The van der Waals surface area contributed by atoms with Crippen LogP contribution in [0.1, 0.15) is 19.8 Å². The van der Waals surface area contributed by atoms with E-state index in [1.807, 2.05) is 6.92 Å². The van der Waals surface area contributed by atoms with Crippen LogP contribution in [0.5, 0.6) is 0 Å². The van der Waals surface area contributed by atoms with Crippen LogP contribution in [0.4, 0.5) is 0 Å². The van der Waals surface area contributed by atoms with E-state index in [0.717, 1.165) is 6.42 Å². The molecular formula is C8H12O6. The van der Waals surface area contributed by atoms with Gasteiger partial charge in [-0.05, 0) is 6.42 Å². The molecule has 0 atom stereocenters. The van der Waals surface area contributed by atoms with E-state index in [1.54, 1.807) is 0 Å². The van der Waals surface area contributed by atoms with Crippen molar-refractivity contribution in [1.82, 2.24) is 0 Å². The van der Waals surface area contributed by atoms with Crippen molar-refractivity contribution in [3.63, 3.8) is 0 Å². The first kappa shape index (κ1) is 12.4. The minimum Gasteiger partial charge on any atom is -0.478 e. The molecule has 0 spiro atoms. The number of rotatable bonds is 7. The normalized spacial score (nSPS) is 11.1. The number of carboxylic acid groups (broad SMARTS) is 2. The van der Waals surface area contributed by atoms with Crippen molar-refractivity contribution in [2.24, 2.45) is 0 Å². The molecular weight excluding hydrogens is 192 g/mol. The summed E-state index contributed by atoms with van der Waals surface area (Å²) in [6, 6.07) is 0. The van der Waals surface area contributed by atoms with Gasteiger partial charge in [0.25, 0.3) is 5.76 Å². The van der Waals surface area contributed by atoms with Crippen molar-refractivity contribution in [2.75, 3.05) is 6.61 Å². The SMILES string of the molecule is CCCCOO/C(=C/C(=O)O)C(=O)O. The van der Waals surface area contributed by atoms with Crippen molar-refractivity contribution in [2.45, 2.75) is 19.8 Å². The van der Waals surface area contributed by atoms with E-state index in [0.29, 0.717) is 12.5 Å². The summed E-state index contributed by atoms with van der Waals surface area (Å²) in [6.07, 6.45) is 2.00. The van der Waals surface area contributed by atoms with Gasteiger partial charge in [0.2, 0.25) is 0 Å². The maximum absolute atomic E-state index is 10.4. The zero-order valence-corrected chi connectivity index (χ0v) is 7.73. The van der Waals surface area contributed by atoms with Gasteiger partial charge in [-0.15, -0.1) is 0 Å². The zero-order chi connectivity index (χ0) is 11.0. The molecule has 0 aliphatic heterocycles. The third-order valence-electron chi connectivity index (χ3n) is 1.20. The molecule has 0 aromatic rings. The molecule has 0 unspecified atom stereocenters. The summed E-state index contributed by atoms with van der Waals surface area (Å²) in [6.45, 7) is 2.15. The zero-order valence-electron chi connectivity index (χ0n) is 7.73. The summed E-state index contributed by atoms with van der Waals surface area (Å²) >= 11 is 0.